The van der Waals surface area contributed by atoms with Gasteiger partial charge in [-0.2, -0.15) is 0 Å². The van der Waals surface area contributed by atoms with E-state index in [1.165, 1.54) is 18.7 Å². The number of ketones is 1. The van der Waals surface area contributed by atoms with Gasteiger partial charge < -0.3 is 10.1 Å². The van der Waals surface area contributed by atoms with Crippen molar-refractivity contribution in [2.45, 2.75) is 11.8 Å². The van der Waals surface area contributed by atoms with Crippen molar-refractivity contribution in [3.63, 3.8) is 0 Å². The number of hydrogen-bond acceptors (Lipinski definition) is 5. The van der Waals surface area contributed by atoms with Gasteiger partial charge in [-0.1, -0.05) is 11.6 Å². The van der Waals surface area contributed by atoms with Crippen molar-refractivity contribution >= 4 is 46.7 Å². The smallest absolute Gasteiger partial charge is 0.340 e. The molecule has 7 heteroatoms. The van der Waals surface area contributed by atoms with E-state index in [9.17, 15) is 14.4 Å². The molecule has 2 aromatic carbocycles. The van der Waals surface area contributed by atoms with Gasteiger partial charge in [-0.3, -0.25) is 9.59 Å². The molecule has 0 heterocycles. The summed E-state index contributed by atoms with van der Waals surface area (Å²) in [5.41, 5.74) is 1.19. The number of halogens is 1. The zero-order chi connectivity index (χ0) is 18.4. The number of Topliss-reactive ketones (excluding diaryl/α,β-unsaturated/α-hetero) is 1. The van der Waals surface area contributed by atoms with E-state index in [2.05, 4.69) is 5.32 Å². The van der Waals surface area contributed by atoms with E-state index in [1.807, 2.05) is 6.26 Å². The molecule has 25 heavy (non-hydrogen) atoms. The number of ether oxygens (including phenoxy) is 1. The molecule has 0 aliphatic rings. The van der Waals surface area contributed by atoms with Gasteiger partial charge in [0.2, 0.25) is 5.91 Å². The number of hydrogen-bond donors (Lipinski definition) is 1. The standard InChI is InChI=1S/C18H16ClNO4S/c1-11(21)20-13-5-3-12(4-6-13)17(22)10-24-18(23)15-9-14(25-2)7-8-16(15)19/h3-9H,10H2,1-2H3,(H,20,21). The first kappa shape index (κ1) is 19.0. The van der Waals surface area contributed by atoms with E-state index in [4.69, 9.17) is 16.3 Å². The van der Waals surface area contributed by atoms with Crippen LogP contribution < -0.4 is 5.32 Å². The second-order valence-corrected chi connectivity index (χ2v) is 6.39. The molecule has 0 bridgehead atoms. The van der Waals surface area contributed by atoms with Crippen LogP contribution in [-0.2, 0) is 9.53 Å². The maximum absolute atomic E-state index is 12.1. The Kier molecular flexibility index (Phi) is 6.61. The van der Waals surface area contributed by atoms with Gasteiger partial charge in [-0.25, -0.2) is 4.79 Å². The molecular weight excluding hydrogens is 362 g/mol. The van der Waals surface area contributed by atoms with Crippen molar-refractivity contribution in [3.05, 3.63) is 58.6 Å². The highest BCUT2D eigenvalue weighted by molar-refractivity contribution is 7.98. The minimum atomic E-state index is -0.649. The molecule has 0 aromatic heterocycles. The molecular formula is C18H16ClNO4S. The Morgan fingerprint density at radius 3 is 2.40 bits per heavy atom. The molecule has 1 amide bonds. The zero-order valence-corrected chi connectivity index (χ0v) is 15.2. The van der Waals surface area contributed by atoms with E-state index in [1.54, 1.807) is 42.5 Å². The van der Waals surface area contributed by atoms with Gasteiger partial charge in [0.1, 0.15) is 0 Å². The molecule has 0 aliphatic carbocycles. The van der Waals surface area contributed by atoms with Crippen LogP contribution >= 0.6 is 23.4 Å². The highest BCUT2D eigenvalue weighted by Crippen LogP contribution is 2.23. The largest absolute Gasteiger partial charge is 0.454 e. The third-order valence-electron chi connectivity index (χ3n) is 3.26. The molecule has 0 unspecified atom stereocenters. The minimum Gasteiger partial charge on any atom is -0.454 e. The monoisotopic (exact) mass is 377 g/mol. The summed E-state index contributed by atoms with van der Waals surface area (Å²) in [5, 5.41) is 2.88. The summed E-state index contributed by atoms with van der Waals surface area (Å²) in [6.45, 7) is 1.01. The minimum absolute atomic E-state index is 0.197. The topological polar surface area (TPSA) is 72.5 Å². The van der Waals surface area contributed by atoms with Gasteiger partial charge in [-0.05, 0) is 48.7 Å². The number of rotatable bonds is 6. The van der Waals surface area contributed by atoms with Crippen molar-refractivity contribution < 1.29 is 19.1 Å². The van der Waals surface area contributed by atoms with Crippen LogP contribution in [0.5, 0.6) is 0 Å². The third-order valence-corrected chi connectivity index (χ3v) is 4.31. The fourth-order valence-electron chi connectivity index (χ4n) is 2.02. The lowest BCUT2D eigenvalue weighted by Gasteiger charge is -2.08. The number of carbonyl (C=O) groups is 3. The predicted octanol–water partition coefficient (Wildman–Crippen LogP) is 4.06. The normalized spacial score (nSPS) is 10.2. The van der Waals surface area contributed by atoms with Gasteiger partial charge in [0.25, 0.3) is 0 Å². The summed E-state index contributed by atoms with van der Waals surface area (Å²) in [7, 11) is 0. The second-order valence-electron chi connectivity index (χ2n) is 5.10. The van der Waals surface area contributed by atoms with Gasteiger partial charge in [0, 0.05) is 23.1 Å². The molecule has 130 valence electrons. The Hall–Kier alpha value is -2.31. The van der Waals surface area contributed by atoms with Crippen LogP contribution in [0, 0.1) is 0 Å². The number of carbonyl (C=O) groups excluding carboxylic acids is 3. The fourth-order valence-corrected chi connectivity index (χ4v) is 2.66. The highest BCUT2D eigenvalue weighted by atomic mass is 35.5. The molecule has 0 saturated heterocycles. The van der Waals surface area contributed by atoms with Crippen LogP contribution in [0.3, 0.4) is 0 Å². The van der Waals surface area contributed by atoms with E-state index >= 15 is 0 Å². The summed E-state index contributed by atoms with van der Waals surface area (Å²) >= 11 is 7.48. The lowest BCUT2D eigenvalue weighted by Crippen LogP contribution is -2.15. The van der Waals surface area contributed by atoms with E-state index in [0.717, 1.165) is 4.90 Å². The van der Waals surface area contributed by atoms with Gasteiger partial charge >= 0.3 is 5.97 Å². The van der Waals surface area contributed by atoms with Crippen LogP contribution in [0.4, 0.5) is 5.69 Å². The second kappa shape index (κ2) is 8.69. The molecule has 2 rings (SSSR count). The predicted molar refractivity (Wildman–Crippen MR) is 98.6 cm³/mol. The number of esters is 1. The van der Waals surface area contributed by atoms with Crippen LogP contribution in [0.15, 0.2) is 47.4 Å². The summed E-state index contributed by atoms with van der Waals surface area (Å²) in [5.74, 6) is -1.19. The lowest BCUT2D eigenvalue weighted by molar-refractivity contribution is -0.114. The molecule has 0 fully saturated rings. The first-order valence-electron chi connectivity index (χ1n) is 7.32. The number of thioether (sulfide) groups is 1. The SMILES string of the molecule is CSc1ccc(Cl)c(C(=O)OCC(=O)c2ccc(NC(C)=O)cc2)c1. The van der Waals surface area contributed by atoms with Gasteiger partial charge in [-0.15, -0.1) is 11.8 Å². The van der Waals surface area contributed by atoms with E-state index in [0.29, 0.717) is 11.3 Å². The van der Waals surface area contributed by atoms with Crippen LogP contribution in [0.25, 0.3) is 0 Å². The highest BCUT2D eigenvalue weighted by Gasteiger charge is 2.15. The van der Waals surface area contributed by atoms with Crippen molar-refractivity contribution in [2.75, 3.05) is 18.2 Å². The van der Waals surface area contributed by atoms with Crippen LogP contribution in [-0.4, -0.2) is 30.5 Å². The first-order chi connectivity index (χ1) is 11.9. The molecule has 0 spiro atoms. The average molecular weight is 378 g/mol. The quantitative estimate of drug-likeness (QED) is 0.467. The van der Waals surface area contributed by atoms with Crippen molar-refractivity contribution in [1.82, 2.24) is 0 Å². The number of nitrogens with one attached hydrogen (secondary N) is 1. The van der Waals surface area contributed by atoms with Crippen molar-refractivity contribution in [2.24, 2.45) is 0 Å². The molecule has 0 aliphatic heterocycles. The number of amides is 1. The number of anilines is 1. The molecule has 0 atom stereocenters. The summed E-state index contributed by atoms with van der Waals surface area (Å²) in [6.07, 6.45) is 1.88. The third kappa shape index (κ3) is 5.34. The Labute approximate surface area is 154 Å². The Balaban J connectivity index is 1.99. The Bertz CT molecular complexity index is 805. The van der Waals surface area contributed by atoms with Crippen molar-refractivity contribution in [1.29, 1.82) is 0 Å². The molecule has 0 saturated carbocycles. The molecule has 1 N–H and O–H groups in total. The fraction of sp³-hybridized carbons (Fsp3) is 0.167. The van der Waals surface area contributed by atoms with Crippen LogP contribution in [0.1, 0.15) is 27.6 Å². The average Bonchev–Trinajstić information content (AvgIpc) is 2.60. The van der Waals surface area contributed by atoms with Gasteiger partial charge in [0.05, 0.1) is 10.6 Å². The summed E-state index contributed by atoms with van der Waals surface area (Å²) in [4.78, 5) is 36.1. The molecule has 2 aromatic rings. The Morgan fingerprint density at radius 1 is 1.12 bits per heavy atom. The zero-order valence-electron chi connectivity index (χ0n) is 13.7. The first-order valence-corrected chi connectivity index (χ1v) is 8.92. The molecule has 5 nitrogen and oxygen atoms in total. The maximum Gasteiger partial charge on any atom is 0.340 e. The van der Waals surface area contributed by atoms with Gasteiger partial charge in [0.15, 0.2) is 12.4 Å². The van der Waals surface area contributed by atoms with Crippen LogP contribution in [0.2, 0.25) is 5.02 Å². The Morgan fingerprint density at radius 2 is 1.80 bits per heavy atom. The van der Waals surface area contributed by atoms with E-state index in [-0.39, 0.29) is 22.3 Å². The number of benzene rings is 2. The molecule has 0 radical (unpaired) electrons. The lowest BCUT2D eigenvalue weighted by atomic mass is 10.1. The summed E-state index contributed by atoms with van der Waals surface area (Å²) in [6, 6.07) is 11.4. The maximum atomic E-state index is 12.1. The summed E-state index contributed by atoms with van der Waals surface area (Å²) < 4.78 is 5.07. The van der Waals surface area contributed by atoms with E-state index < -0.39 is 12.6 Å². The van der Waals surface area contributed by atoms with Crippen molar-refractivity contribution in [3.8, 4) is 0 Å².